The van der Waals surface area contributed by atoms with E-state index >= 15 is 0 Å². The maximum atomic E-state index is 12.1. The van der Waals surface area contributed by atoms with Gasteiger partial charge in [-0.15, -0.1) is 11.6 Å². The molecule has 112 valence electrons. The van der Waals surface area contributed by atoms with E-state index in [0.29, 0.717) is 10.8 Å². The third-order valence-electron chi connectivity index (χ3n) is 3.69. The molecule has 0 bridgehead atoms. The Kier molecular flexibility index (Phi) is 4.77. The van der Waals surface area contributed by atoms with Gasteiger partial charge in [0.2, 0.25) is 10.0 Å². The lowest BCUT2D eigenvalue weighted by molar-refractivity contribution is 0.490. The second kappa shape index (κ2) is 6.04. The molecule has 0 saturated heterocycles. The maximum Gasteiger partial charge on any atom is 0.240 e. The standard InChI is InChI=1S/C15H22ClNO2S/c1-10(2)15(11(3)16)12-4-8-14(9-5-12)20(18,19)17-13-6-7-13/h4-5,8-11,13,15,17H,6-7H2,1-3H3. The molecule has 1 N–H and O–H groups in total. The molecule has 0 aliphatic heterocycles. The van der Waals surface area contributed by atoms with Crippen LogP contribution < -0.4 is 4.72 Å². The van der Waals surface area contributed by atoms with Crippen LogP contribution in [-0.4, -0.2) is 19.8 Å². The van der Waals surface area contributed by atoms with Crippen molar-refractivity contribution in [3.63, 3.8) is 0 Å². The Bertz CT molecular complexity index is 540. The third-order valence-corrected chi connectivity index (χ3v) is 5.50. The minimum Gasteiger partial charge on any atom is -0.208 e. The molecule has 1 aliphatic rings. The summed E-state index contributed by atoms with van der Waals surface area (Å²) in [6.07, 6.45) is 1.88. The van der Waals surface area contributed by atoms with Crippen LogP contribution in [0.25, 0.3) is 0 Å². The van der Waals surface area contributed by atoms with E-state index in [1.165, 1.54) is 0 Å². The quantitative estimate of drug-likeness (QED) is 0.817. The van der Waals surface area contributed by atoms with Crippen LogP contribution in [-0.2, 0) is 10.0 Å². The van der Waals surface area contributed by atoms with Crippen molar-refractivity contribution in [2.75, 3.05) is 0 Å². The van der Waals surface area contributed by atoms with Gasteiger partial charge in [0, 0.05) is 17.3 Å². The van der Waals surface area contributed by atoms with Gasteiger partial charge < -0.3 is 0 Å². The molecule has 0 amide bonds. The molecule has 1 aliphatic carbocycles. The largest absolute Gasteiger partial charge is 0.240 e. The normalized spacial score (nSPS) is 19.1. The molecule has 0 spiro atoms. The first-order valence-corrected chi connectivity index (χ1v) is 8.99. The van der Waals surface area contributed by atoms with E-state index in [1.807, 2.05) is 19.1 Å². The van der Waals surface area contributed by atoms with E-state index in [0.717, 1.165) is 18.4 Å². The Hall–Kier alpha value is -0.580. The molecule has 2 unspecified atom stereocenters. The molecular weight excluding hydrogens is 294 g/mol. The van der Waals surface area contributed by atoms with Gasteiger partial charge in [0.25, 0.3) is 0 Å². The smallest absolute Gasteiger partial charge is 0.208 e. The molecule has 0 heterocycles. The van der Waals surface area contributed by atoms with Crippen molar-refractivity contribution in [1.29, 1.82) is 0 Å². The number of benzene rings is 1. The number of sulfonamides is 1. The van der Waals surface area contributed by atoms with Crippen molar-refractivity contribution < 1.29 is 8.42 Å². The van der Waals surface area contributed by atoms with Crippen LogP contribution >= 0.6 is 11.6 Å². The fourth-order valence-electron chi connectivity index (χ4n) is 2.54. The first kappa shape index (κ1) is 15.8. The van der Waals surface area contributed by atoms with Gasteiger partial charge in [0.1, 0.15) is 0 Å². The molecule has 5 heteroatoms. The average Bonchev–Trinajstić information content (AvgIpc) is 3.12. The van der Waals surface area contributed by atoms with E-state index in [4.69, 9.17) is 11.6 Å². The molecule has 1 aromatic carbocycles. The summed E-state index contributed by atoms with van der Waals surface area (Å²) in [4.78, 5) is 0.331. The summed E-state index contributed by atoms with van der Waals surface area (Å²) < 4.78 is 26.9. The lowest BCUT2D eigenvalue weighted by Gasteiger charge is -2.24. The fourth-order valence-corrected chi connectivity index (χ4v) is 4.28. The van der Waals surface area contributed by atoms with Crippen LogP contribution in [0.2, 0.25) is 0 Å². The average molecular weight is 316 g/mol. The topological polar surface area (TPSA) is 46.2 Å². The van der Waals surface area contributed by atoms with Gasteiger partial charge in [-0.3, -0.25) is 0 Å². The predicted octanol–water partition coefficient (Wildman–Crippen LogP) is 3.49. The molecule has 2 atom stereocenters. The summed E-state index contributed by atoms with van der Waals surface area (Å²) in [7, 11) is -3.36. The highest BCUT2D eigenvalue weighted by Crippen LogP contribution is 2.31. The molecule has 0 aromatic heterocycles. The van der Waals surface area contributed by atoms with E-state index in [9.17, 15) is 8.42 Å². The van der Waals surface area contributed by atoms with Gasteiger partial charge in [-0.05, 0) is 43.4 Å². The number of nitrogens with one attached hydrogen (secondary N) is 1. The van der Waals surface area contributed by atoms with E-state index < -0.39 is 10.0 Å². The number of halogens is 1. The summed E-state index contributed by atoms with van der Waals surface area (Å²) >= 11 is 6.25. The molecule has 1 saturated carbocycles. The van der Waals surface area contributed by atoms with Gasteiger partial charge in [-0.25, -0.2) is 13.1 Å². The first-order valence-electron chi connectivity index (χ1n) is 7.07. The number of hydrogen-bond donors (Lipinski definition) is 1. The summed E-state index contributed by atoms with van der Waals surface area (Å²) in [6.45, 7) is 6.23. The second-order valence-corrected chi connectivity index (χ2v) is 8.31. The summed E-state index contributed by atoms with van der Waals surface area (Å²) in [5.74, 6) is 0.638. The zero-order chi connectivity index (χ0) is 14.9. The molecule has 3 nitrogen and oxygen atoms in total. The Labute approximate surface area is 126 Å². The molecule has 0 radical (unpaired) electrons. The predicted molar refractivity (Wildman–Crippen MR) is 82.7 cm³/mol. The Morgan fingerprint density at radius 3 is 2.10 bits per heavy atom. The number of rotatable bonds is 6. The lowest BCUT2D eigenvalue weighted by atomic mass is 9.86. The van der Waals surface area contributed by atoms with Crippen molar-refractivity contribution in [3.8, 4) is 0 Å². The lowest BCUT2D eigenvalue weighted by Crippen LogP contribution is -2.25. The highest BCUT2D eigenvalue weighted by atomic mass is 35.5. The molecule has 1 fully saturated rings. The van der Waals surface area contributed by atoms with Crippen LogP contribution in [0.4, 0.5) is 0 Å². The zero-order valence-electron chi connectivity index (χ0n) is 12.1. The summed E-state index contributed by atoms with van der Waals surface area (Å²) in [6, 6.07) is 7.24. The maximum absolute atomic E-state index is 12.1. The van der Waals surface area contributed by atoms with Crippen molar-refractivity contribution >= 4 is 21.6 Å². The van der Waals surface area contributed by atoms with Gasteiger partial charge in [0.05, 0.1) is 4.90 Å². The van der Waals surface area contributed by atoms with Gasteiger partial charge in [0.15, 0.2) is 0 Å². The van der Waals surface area contributed by atoms with Crippen LogP contribution in [0.1, 0.15) is 45.1 Å². The molecule has 1 aromatic rings. The van der Waals surface area contributed by atoms with Crippen molar-refractivity contribution in [3.05, 3.63) is 29.8 Å². The first-order chi connectivity index (χ1) is 9.31. The fraction of sp³-hybridized carbons (Fsp3) is 0.600. The van der Waals surface area contributed by atoms with Gasteiger partial charge in [-0.2, -0.15) is 0 Å². The Morgan fingerprint density at radius 2 is 1.70 bits per heavy atom. The number of alkyl halides is 1. The van der Waals surface area contributed by atoms with Crippen LogP contribution in [0.3, 0.4) is 0 Å². The Balaban J connectivity index is 2.20. The highest BCUT2D eigenvalue weighted by Gasteiger charge is 2.28. The number of hydrogen-bond acceptors (Lipinski definition) is 2. The van der Waals surface area contributed by atoms with E-state index in [1.54, 1.807) is 12.1 Å². The van der Waals surface area contributed by atoms with Gasteiger partial charge in [-0.1, -0.05) is 26.0 Å². The Morgan fingerprint density at radius 1 is 1.15 bits per heavy atom. The molecular formula is C15H22ClNO2S. The van der Waals surface area contributed by atoms with Crippen LogP contribution in [0.5, 0.6) is 0 Å². The summed E-state index contributed by atoms with van der Waals surface area (Å²) in [5, 5.41) is 0.0158. The minimum absolute atomic E-state index is 0.0158. The monoisotopic (exact) mass is 315 g/mol. The summed E-state index contributed by atoms with van der Waals surface area (Å²) in [5.41, 5.74) is 1.09. The SMILES string of the molecule is CC(C)C(c1ccc(S(=O)(=O)NC2CC2)cc1)C(C)Cl. The molecule has 2 rings (SSSR count). The minimum atomic E-state index is -3.36. The van der Waals surface area contributed by atoms with Crippen LogP contribution in [0, 0.1) is 5.92 Å². The zero-order valence-corrected chi connectivity index (χ0v) is 13.7. The van der Waals surface area contributed by atoms with Crippen LogP contribution in [0.15, 0.2) is 29.2 Å². The molecule has 20 heavy (non-hydrogen) atoms. The van der Waals surface area contributed by atoms with Crippen molar-refractivity contribution in [2.24, 2.45) is 5.92 Å². The van der Waals surface area contributed by atoms with Gasteiger partial charge >= 0.3 is 0 Å². The van der Waals surface area contributed by atoms with Crippen molar-refractivity contribution in [2.45, 2.75) is 55.8 Å². The van der Waals surface area contributed by atoms with E-state index in [2.05, 4.69) is 18.6 Å². The van der Waals surface area contributed by atoms with Crippen molar-refractivity contribution in [1.82, 2.24) is 4.72 Å². The highest BCUT2D eigenvalue weighted by molar-refractivity contribution is 7.89. The van der Waals surface area contributed by atoms with E-state index in [-0.39, 0.29) is 17.3 Å². The third kappa shape index (κ3) is 3.74. The second-order valence-electron chi connectivity index (χ2n) is 5.91.